The normalized spacial score (nSPS) is 14.2. The van der Waals surface area contributed by atoms with Crippen molar-refractivity contribution in [2.75, 3.05) is 5.73 Å². The lowest BCUT2D eigenvalue weighted by Gasteiger charge is -2.29. The molecule has 0 bridgehead atoms. The van der Waals surface area contributed by atoms with Crippen LogP contribution in [0.1, 0.15) is 28.3 Å². The van der Waals surface area contributed by atoms with Crippen LogP contribution in [0.4, 0.5) is 5.82 Å². The zero-order chi connectivity index (χ0) is 24.1. The van der Waals surface area contributed by atoms with Gasteiger partial charge in [-0.25, -0.2) is 4.68 Å². The van der Waals surface area contributed by atoms with Crippen LogP contribution < -0.4 is 10.5 Å². The van der Waals surface area contributed by atoms with E-state index in [9.17, 15) is 0 Å². The lowest BCUT2D eigenvalue weighted by atomic mass is 9.84. The number of fused-ring (bicyclic) bond motifs is 2. The number of nitrogens with zero attached hydrogens (tertiary/aromatic N) is 4. The number of hydrogen-bond acceptors (Lipinski definition) is 5. The van der Waals surface area contributed by atoms with Gasteiger partial charge in [0, 0.05) is 10.2 Å². The number of benzene rings is 3. The summed E-state index contributed by atoms with van der Waals surface area (Å²) >= 11 is 9.30. The average Bonchev–Trinajstić information content (AvgIpc) is 3.20. The smallest absolute Gasteiger partial charge is 0.231 e. The summed E-state index contributed by atoms with van der Waals surface area (Å²) in [5.41, 5.74) is 12.2. The molecule has 2 N–H and O–H groups in total. The summed E-state index contributed by atoms with van der Waals surface area (Å²) in [6, 6.07) is 27.9. The van der Waals surface area contributed by atoms with E-state index in [4.69, 9.17) is 32.8 Å². The highest BCUT2D eigenvalue weighted by Crippen LogP contribution is 2.51. The van der Waals surface area contributed by atoms with Gasteiger partial charge in [0.2, 0.25) is 16.5 Å². The Hall–Kier alpha value is -3.75. The van der Waals surface area contributed by atoms with Gasteiger partial charge in [-0.2, -0.15) is 10.1 Å². The monoisotopic (exact) mass is 541 g/mol. The molecule has 35 heavy (non-hydrogen) atoms. The molecule has 172 valence electrons. The lowest BCUT2D eigenvalue weighted by Crippen LogP contribution is -2.20. The largest absolute Gasteiger partial charge is 0.420 e. The molecule has 0 radical (unpaired) electrons. The van der Waals surface area contributed by atoms with E-state index in [0.717, 1.165) is 38.2 Å². The zero-order valence-electron chi connectivity index (χ0n) is 18.7. The highest BCUT2D eigenvalue weighted by molar-refractivity contribution is 9.10. The standard InChI is InChI=1S/C27H20BrN5OS/c1-16-21-22(17-9-8-10-18(28)15-17)23-24(29)32(19-11-4-2-5-12-19)27(35)30-25(23)34-26(21)33(31-16)20-13-6-3-7-14-20/h2-15,22H,29H2,1H3. The molecule has 0 saturated heterocycles. The second-order valence-electron chi connectivity index (χ2n) is 8.31. The van der Waals surface area contributed by atoms with E-state index >= 15 is 0 Å². The molecule has 3 aromatic carbocycles. The van der Waals surface area contributed by atoms with Crippen molar-refractivity contribution in [3.63, 3.8) is 0 Å². The number of para-hydroxylation sites is 2. The molecule has 3 heterocycles. The summed E-state index contributed by atoms with van der Waals surface area (Å²) in [7, 11) is 0. The Bertz CT molecular complexity index is 1630. The maximum Gasteiger partial charge on any atom is 0.231 e. The van der Waals surface area contributed by atoms with E-state index in [2.05, 4.69) is 28.1 Å². The minimum Gasteiger partial charge on any atom is -0.420 e. The van der Waals surface area contributed by atoms with E-state index in [1.807, 2.05) is 84.4 Å². The topological polar surface area (TPSA) is 70.9 Å². The first-order chi connectivity index (χ1) is 17.0. The van der Waals surface area contributed by atoms with Crippen LogP contribution in [-0.2, 0) is 0 Å². The molecule has 6 nitrogen and oxygen atoms in total. The Labute approximate surface area is 215 Å². The fourth-order valence-electron chi connectivity index (χ4n) is 4.65. The molecule has 1 unspecified atom stereocenters. The van der Waals surface area contributed by atoms with Crippen LogP contribution in [0.3, 0.4) is 0 Å². The van der Waals surface area contributed by atoms with E-state index in [1.54, 1.807) is 4.57 Å². The third-order valence-electron chi connectivity index (χ3n) is 6.17. The highest BCUT2D eigenvalue weighted by Gasteiger charge is 2.38. The molecule has 1 aliphatic heterocycles. The van der Waals surface area contributed by atoms with Gasteiger partial charge < -0.3 is 10.5 Å². The van der Waals surface area contributed by atoms with Gasteiger partial charge in [-0.1, -0.05) is 64.5 Å². The fourth-order valence-corrected chi connectivity index (χ4v) is 5.36. The number of hydrogen-bond donors (Lipinski definition) is 1. The minimum absolute atomic E-state index is 0.248. The van der Waals surface area contributed by atoms with Crippen molar-refractivity contribution in [2.24, 2.45) is 0 Å². The minimum atomic E-state index is -0.248. The van der Waals surface area contributed by atoms with Crippen molar-refractivity contribution < 1.29 is 4.74 Å². The van der Waals surface area contributed by atoms with E-state index in [-0.39, 0.29) is 5.92 Å². The highest BCUT2D eigenvalue weighted by atomic mass is 79.9. The second kappa shape index (κ2) is 8.48. The van der Waals surface area contributed by atoms with Gasteiger partial charge in [0.05, 0.1) is 28.4 Å². The Morgan fingerprint density at radius 2 is 1.60 bits per heavy atom. The molecule has 5 aromatic rings. The molecule has 0 amide bonds. The molecule has 1 aliphatic rings. The second-order valence-corrected chi connectivity index (χ2v) is 9.59. The summed E-state index contributed by atoms with van der Waals surface area (Å²) < 4.78 is 11.3. The van der Waals surface area contributed by atoms with E-state index in [0.29, 0.717) is 22.3 Å². The van der Waals surface area contributed by atoms with Crippen LogP contribution in [0.25, 0.3) is 11.4 Å². The van der Waals surface area contributed by atoms with Crippen LogP contribution in [-0.4, -0.2) is 19.3 Å². The number of rotatable bonds is 3. The van der Waals surface area contributed by atoms with Gasteiger partial charge >= 0.3 is 0 Å². The third-order valence-corrected chi connectivity index (χ3v) is 6.93. The predicted molar refractivity (Wildman–Crippen MR) is 142 cm³/mol. The third kappa shape index (κ3) is 3.57. The van der Waals surface area contributed by atoms with Gasteiger partial charge in [-0.05, 0) is 61.1 Å². The van der Waals surface area contributed by atoms with Crippen molar-refractivity contribution in [3.8, 4) is 23.1 Å². The van der Waals surface area contributed by atoms with Crippen LogP contribution in [0.15, 0.2) is 89.4 Å². The number of anilines is 1. The molecule has 0 fully saturated rings. The number of nitrogen functional groups attached to an aromatic ring is 1. The fraction of sp³-hybridized carbons (Fsp3) is 0.0741. The average molecular weight is 542 g/mol. The van der Waals surface area contributed by atoms with Crippen LogP contribution in [0, 0.1) is 11.7 Å². The number of aromatic nitrogens is 4. The first kappa shape index (κ1) is 21.8. The van der Waals surface area contributed by atoms with Crippen LogP contribution in [0.5, 0.6) is 11.8 Å². The van der Waals surface area contributed by atoms with Gasteiger partial charge in [0.25, 0.3) is 0 Å². The first-order valence-corrected chi connectivity index (χ1v) is 12.3. The molecular weight excluding hydrogens is 522 g/mol. The molecule has 6 rings (SSSR count). The maximum atomic E-state index is 6.87. The van der Waals surface area contributed by atoms with Gasteiger partial charge in [0.15, 0.2) is 0 Å². The van der Waals surface area contributed by atoms with Crippen LogP contribution >= 0.6 is 28.1 Å². The molecule has 8 heteroatoms. The van der Waals surface area contributed by atoms with Gasteiger partial charge in [0.1, 0.15) is 5.82 Å². The summed E-state index contributed by atoms with van der Waals surface area (Å²) in [4.78, 5) is 4.71. The van der Waals surface area contributed by atoms with Crippen molar-refractivity contribution in [1.82, 2.24) is 19.3 Å². The molecule has 0 aliphatic carbocycles. The molecular formula is C27H20BrN5OS. The zero-order valence-corrected chi connectivity index (χ0v) is 21.1. The van der Waals surface area contributed by atoms with Gasteiger partial charge in [-0.15, -0.1) is 0 Å². The summed E-state index contributed by atoms with van der Waals surface area (Å²) in [6.45, 7) is 1.99. The number of aryl methyl sites for hydroxylation is 1. The van der Waals surface area contributed by atoms with Gasteiger partial charge in [-0.3, -0.25) is 4.57 Å². The number of ether oxygens (including phenoxy) is 1. The summed E-state index contributed by atoms with van der Waals surface area (Å²) in [6.07, 6.45) is 0. The molecule has 1 atom stereocenters. The number of nitrogens with two attached hydrogens (primary N) is 1. The Kier molecular flexibility index (Phi) is 5.27. The maximum absolute atomic E-state index is 6.87. The first-order valence-electron chi connectivity index (χ1n) is 11.1. The number of halogens is 1. The van der Waals surface area contributed by atoms with Crippen molar-refractivity contribution in [2.45, 2.75) is 12.8 Å². The van der Waals surface area contributed by atoms with Crippen molar-refractivity contribution in [1.29, 1.82) is 0 Å². The van der Waals surface area contributed by atoms with E-state index in [1.165, 1.54) is 0 Å². The SMILES string of the molecule is Cc1nn(-c2ccccc2)c2c1C(c1cccc(Br)c1)c1c(nc(=S)n(-c3ccccc3)c1N)O2. The Balaban J connectivity index is 1.66. The summed E-state index contributed by atoms with van der Waals surface area (Å²) in [5.74, 6) is 1.26. The molecule has 0 saturated carbocycles. The molecule has 0 spiro atoms. The lowest BCUT2D eigenvalue weighted by molar-refractivity contribution is 0.401. The Morgan fingerprint density at radius 3 is 2.29 bits per heavy atom. The summed E-state index contributed by atoms with van der Waals surface area (Å²) in [5, 5.41) is 4.85. The van der Waals surface area contributed by atoms with Crippen LogP contribution in [0.2, 0.25) is 0 Å². The van der Waals surface area contributed by atoms with Crippen molar-refractivity contribution in [3.05, 3.63) is 117 Å². The molecule has 2 aromatic heterocycles. The Morgan fingerprint density at radius 1 is 0.914 bits per heavy atom. The quantitative estimate of drug-likeness (QED) is 0.251. The predicted octanol–water partition coefficient (Wildman–Crippen LogP) is 6.73. The van der Waals surface area contributed by atoms with Crippen molar-refractivity contribution >= 4 is 34.0 Å². The van der Waals surface area contributed by atoms with E-state index < -0.39 is 0 Å².